The van der Waals surface area contributed by atoms with Gasteiger partial charge in [0.15, 0.2) is 0 Å². The maximum Gasteiger partial charge on any atom is 0.252 e. The third kappa shape index (κ3) is 3.73. The van der Waals surface area contributed by atoms with Crippen LogP contribution in [0.5, 0.6) is 0 Å². The van der Waals surface area contributed by atoms with Crippen molar-refractivity contribution in [3.63, 3.8) is 0 Å². The number of amides is 1. The number of halogens is 2. The zero-order chi connectivity index (χ0) is 13.8. The largest absolute Gasteiger partial charge is 0.349 e. The molecule has 0 aliphatic heterocycles. The number of nitrogens with one attached hydrogen (secondary N) is 1. The van der Waals surface area contributed by atoms with Gasteiger partial charge in [-0.1, -0.05) is 18.9 Å². The van der Waals surface area contributed by atoms with Crippen molar-refractivity contribution >= 4 is 33.4 Å². The van der Waals surface area contributed by atoms with Crippen LogP contribution in [0.3, 0.4) is 0 Å². The van der Waals surface area contributed by atoms with E-state index in [0.717, 1.165) is 22.9 Å². The Kier molecular flexibility index (Phi) is 5.28. The number of aryl methyl sites for hydroxylation is 1. The van der Waals surface area contributed by atoms with Crippen molar-refractivity contribution in [2.75, 3.05) is 5.88 Å². The zero-order valence-corrected chi connectivity index (χ0v) is 13.4. The minimum Gasteiger partial charge on any atom is -0.349 e. The molecule has 0 spiro atoms. The molecule has 1 aromatic carbocycles. The van der Waals surface area contributed by atoms with Crippen molar-refractivity contribution in [3.05, 3.63) is 33.8 Å². The minimum absolute atomic E-state index is 0.00566. The molecule has 1 saturated carbocycles. The lowest BCUT2D eigenvalue weighted by atomic mass is 9.85. The van der Waals surface area contributed by atoms with Gasteiger partial charge >= 0.3 is 0 Å². The van der Waals surface area contributed by atoms with Gasteiger partial charge in [-0.15, -0.1) is 11.6 Å². The van der Waals surface area contributed by atoms with Crippen molar-refractivity contribution < 1.29 is 4.79 Å². The van der Waals surface area contributed by atoms with Crippen molar-refractivity contribution in [2.24, 2.45) is 5.92 Å². The average molecular weight is 345 g/mol. The van der Waals surface area contributed by atoms with Crippen LogP contribution in [-0.4, -0.2) is 17.8 Å². The average Bonchev–Trinajstić information content (AvgIpc) is 2.39. The van der Waals surface area contributed by atoms with Gasteiger partial charge < -0.3 is 5.32 Å². The maximum absolute atomic E-state index is 12.3. The van der Waals surface area contributed by atoms with E-state index >= 15 is 0 Å². The topological polar surface area (TPSA) is 29.1 Å². The summed E-state index contributed by atoms with van der Waals surface area (Å²) in [5, 5.41) is 3.14. The van der Waals surface area contributed by atoms with Gasteiger partial charge in [0.05, 0.1) is 5.56 Å². The smallest absolute Gasteiger partial charge is 0.252 e. The van der Waals surface area contributed by atoms with Gasteiger partial charge in [-0.2, -0.15) is 0 Å². The highest BCUT2D eigenvalue weighted by molar-refractivity contribution is 9.10. The number of hydrogen-bond acceptors (Lipinski definition) is 1. The molecule has 1 amide bonds. The molecule has 0 radical (unpaired) electrons. The molecular formula is C15H19BrClNO. The first kappa shape index (κ1) is 14.9. The summed E-state index contributed by atoms with van der Waals surface area (Å²) in [6.07, 6.45) is 4.54. The van der Waals surface area contributed by atoms with Crippen LogP contribution in [-0.2, 0) is 0 Å². The summed E-state index contributed by atoms with van der Waals surface area (Å²) in [7, 11) is 0. The van der Waals surface area contributed by atoms with Crippen LogP contribution in [0.25, 0.3) is 0 Å². The Morgan fingerprint density at radius 1 is 1.42 bits per heavy atom. The third-order valence-corrected chi connectivity index (χ3v) is 4.85. The van der Waals surface area contributed by atoms with Crippen LogP contribution in [0.4, 0.5) is 0 Å². The second-order valence-electron chi connectivity index (χ2n) is 5.26. The summed E-state index contributed by atoms with van der Waals surface area (Å²) >= 11 is 9.45. The van der Waals surface area contributed by atoms with Gasteiger partial charge in [0.2, 0.25) is 0 Å². The molecule has 0 bridgehead atoms. The number of alkyl halides is 1. The quantitative estimate of drug-likeness (QED) is 0.815. The zero-order valence-electron chi connectivity index (χ0n) is 11.1. The van der Waals surface area contributed by atoms with E-state index in [2.05, 4.69) is 21.2 Å². The molecule has 104 valence electrons. The van der Waals surface area contributed by atoms with Crippen LogP contribution in [0, 0.1) is 12.8 Å². The predicted octanol–water partition coefficient (Wildman–Crippen LogP) is 4.28. The molecule has 1 fully saturated rings. The third-order valence-electron chi connectivity index (χ3n) is 3.79. The normalized spacial score (nSPS) is 23.1. The molecule has 2 rings (SSSR count). The van der Waals surface area contributed by atoms with Crippen molar-refractivity contribution in [1.29, 1.82) is 0 Å². The fraction of sp³-hybridized carbons (Fsp3) is 0.533. The summed E-state index contributed by atoms with van der Waals surface area (Å²) in [5.74, 6) is 1.03. The van der Waals surface area contributed by atoms with Crippen LogP contribution < -0.4 is 5.32 Å². The number of carbonyl (C=O) groups excluding carboxylic acids is 1. The first-order valence-corrected chi connectivity index (χ1v) is 8.07. The molecule has 1 aliphatic carbocycles. The molecular weight excluding hydrogens is 326 g/mol. The van der Waals surface area contributed by atoms with E-state index in [1.807, 2.05) is 25.1 Å². The molecule has 0 heterocycles. The number of carbonyl (C=O) groups is 1. The van der Waals surface area contributed by atoms with Crippen LogP contribution in [0.1, 0.15) is 41.6 Å². The molecule has 19 heavy (non-hydrogen) atoms. The molecule has 0 aromatic heterocycles. The molecule has 4 heteroatoms. The first-order chi connectivity index (χ1) is 9.11. The molecule has 0 saturated heterocycles. The predicted molar refractivity (Wildman–Crippen MR) is 82.8 cm³/mol. The Morgan fingerprint density at radius 3 is 2.84 bits per heavy atom. The molecule has 2 unspecified atom stereocenters. The van der Waals surface area contributed by atoms with Crippen LogP contribution >= 0.6 is 27.5 Å². The van der Waals surface area contributed by atoms with Gasteiger partial charge in [0.25, 0.3) is 5.91 Å². The summed E-state index contributed by atoms with van der Waals surface area (Å²) in [5.41, 5.74) is 1.84. The van der Waals surface area contributed by atoms with E-state index in [4.69, 9.17) is 11.6 Å². The second kappa shape index (κ2) is 6.76. The lowest BCUT2D eigenvalue weighted by Crippen LogP contribution is -2.42. The van der Waals surface area contributed by atoms with Crippen LogP contribution in [0.2, 0.25) is 0 Å². The van der Waals surface area contributed by atoms with Crippen molar-refractivity contribution in [3.8, 4) is 0 Å². The van der Waals surface area contributed by atoms with Gasteiger partial charge in [-0.3, -0.25) is 4.79 Å². The monoisotopic (exact) mass is 343 g/mol. The highest BCUT2D eigenvalue weighted by atomic mass is 79.9. The Bertz CT molecular complexity index is 463. The van der Waals surface area contributed by atoms with Gasteiger partial charge in [0, 0.05) is 16.4 Å². The molecule has 2 nitrogen and oxygen atoms in total. The second-order valence-corrected chi connectivity index (χ2v) is 6.43. The van der Waals surface area contributed by atoms with E-state index in [-0.39, 0.29) is 11.9 Å². The van der Waals surface area contributed by atoms with Crippen LogP contribution in [0.15, 0.2) is 22.7 Å². The van der Waals surface area contributed by atoms with Gasteiger partial charge in [-0.05, 0) is 59.3 Å². The summed E-state index contributed by atoms with van der Waals surface area (Å²) in [6.45, 7) is 2.01. The fourth-order valence-corrected chi connectivity index (χ4v) is 3.68. The Balaban J connectivity index is 2.07. The highest BCUT2D eigenvalue weighted by Crippen LogP contribution is 2.26. The van der Waals surface area contributed by atoms with E-state index in [0.29, 0.717) is 17.4 Å². The summed E-state index contributed by atoms with van der Waals surface area (Å²) in [6, 6.07) is 6.01. The Morgan fingerprint density at radius 2 is 2.16 bits per heavy atom. The van der Waals surface area contributed by atoms with E-state index in [1.165, 1.54) is 12.8 Å². The molecule has 2 atom stereocenters. The number of benzene rings is 1. The lowest BCUT2D eigenvalue weighted by Gasteiger charge is -2.30. The Labute approximate surface area is 128 Å². The first-order valence-electron chi connectivity index (χ1n) is 6.75. The SMILES string of the molecule is Cc1ccc(C(=O)NC2CCCCC2CCl)c(Br)c1. The fourth-order valence-electron chi connectivity index (χ4n) is 2.63. The standard InChI is InChI=1S/C15H19BrClNO/c1-10-6-7-12(13(16)8-10)15(19)18-14-5-3-2-4-11(14)9-17/h6-8,11,14H,2-5,9H2,1H3,(H,18,19). The Hall–Kier alpha value is -0.540. The molecule has 1 N–H and O–H groups in total. The molecule has 1 aromatic rings. The lowest BCUT2D eigenvalue weighted by molar-refractivity contribution is 0.0910. The van der Waals surface area contributed by atoms with E-state index in [1.54, 1.807) is 0 Å². The van der Waals surface area contributed by atoms with E-state index < -0.39 is 0 Å². The van der Waals surface area contributed by atoms with Gasteiger partial charge in [-0.25, -0.2) is 0 Å². The summed E-state index contributed by atoms with van der Waals surface area (Å²) in [4.78, 5) is 12.3. The summed E-state index contributed by atoms with van der Waals surface area (Å²) < 4.78 is 0.850. The number of hydrogen-bond donors (Lipinski definition) is 1. The van der Waals surface area contributed by atoms with Crippen molar-refractivity contribution in [1.82, 2.24) is 5.32 Å². The highest BCUT2D eigenvalue weighted by Gasteiger charge is 2.26. The number of rotatable bonds is 3. The van der Waals surface area contributed by atoms with E-state index in [9.17, 15) is 4.79 Å². The van der Waals surface area contributed by atoms with Gasteiger partial charge in [0.1, 0.15) is 0 Å². The minimum atomic E-state index is -0.00566. The molecule has 1 aliphatic rings. The van der Waals surface area contributed by atoms with Crippen molar-refractivity contribution in [2.45, 2.75) is 38.6 Å². The maximum atomic E-state index is 12.3.